The number of rotatable bonds is 6. The quantitative estimate of drug-likeness (QED) is 0.845. The molecule has 1 rings (SSSR count). The molecule has 18 heavy (non-hydrogen) atoms. The molecule has 0 saturated heterocycles. The molecule has 1 aromatic rings. The Morgan fingerprint density at radius 2 is 2.28 bits per heavy atom. The fourth-order valence-electron chi connectivity index (χ4n) is 1.56. The largest absolute Gasteiger partial charge is 0.348 e. The molecule has 0 bridgehead atoms. The van der Waals surface area contributed by atoms with Gasteiger partial charge in [0.1, 0.15) is 0 Å². The molecule has 0 aliphatic heterocycles. The van der Waals surface area contributed by atoms with Crippen LogP contribution in [-0.2, 0) is 4.79 Å². The van der Waals surface area contributed by atoms with Crippen LogP contribution < -0.4 is 11.1 Å². The van der Waals surface area contributed by atoms with Crippen molar-refractivity contribution in [3.63, 3.8) is 0 Å². The lowest BCUT2D eigenvalue weighted by Gasteiger charge is -2.17. The van der Waals surface area contributed by atoms with Gasteiger partial charge in [-0.1, -0.05) is 23.7 Å². The third kappa shape index (κ3) is 4.88. The van der Waals surface area contributed by atoms with Gasteiger partial charge in [-0.2, -0.15) is 11.8 Å². The van der Waals surface area contributed by atoms with Crippen LogP contribution in [0.2, 0.25) is 5.02 Å². The molecule has 2 atom stereocenters. The molecular weight excluding hydrogens is 268 g/mol. The van der Waals surface area contributed by atoms with Crippen LogP contribution in [0.4, 0.5) is 0 Å². The van der Waals surface area contributed by atoms with Gasteiger partial charge in [-0.15, -0.1) is 0 Å². The SMILES string of the molecule is CSCC[C@H](N)C(=O)NC(C)c1cccc(Cl)c1. The maximum atomic E-state index is 11.8. The summed E-state index contributed by atoms with van der Waals surface area (Å²) in [5.41, 5.74) is 6.79. The van der Waals surface area contributed by atoms with Crippen molar-refractivity contribution in [2.75, 3.05) is 12.0 Å². The maximum absolute atomic E-state index is 11.8. The first kappa shape index (κ1) is 15.3. The van der Waals surface area contributed by atoms with Crippen molar-refractivity contribution in [2.45, 2.75) is 25.4 Å². The van der Waals surface area contributed by atoms with Gasteiger partial charge < -0.3 is 11.1 Å². The van der Waals surface area contributed by atoms with Gasteiger partial charge in [-0.3, -0.25) is 4.79 Å². The molecule has 0 aromatic heterocycles. The third-order valence-electron chi connectivity index (χ3n) is 2.68. The van der Waals surface area contributed by atoms with Crippen LogP contribution in [0, 0.1) is 0 Å². The highest BCUT2D eigenvalue weighted by Gasteiger charge is 2.16. The molecule has 0 saturated carbocycles. The van der Waals surface area contributed by atoms with Crippen molar-refractivity contribution in [3.8, 4) is 0 Å². The first-order chi connectivity index (χ1) is 8.54. The Hall–Kier alpha value is -0.710. The summed E-state index contributed by atoms with van der Waals surface area (Å²) >= 11 is 7.60. The number of halogens is 1. The lowest BCUT2D eigenvalue weighted by molar-refractivity contribution is -0.123. The van der Waals surface area contributed by atoms with Crippen molar-refractivity contribution >= 4 is 29.3 Å². The van der Waals surface area contributed by atoms with E-state index in [1.165, 1.54) is 0 Å². The zero-order valence-corrected chi connectivity index (χ0v) is 12.2. The van der Waals surface area contributed by atoms with Crippen LogP contribution in [0.3, 0.4) is 0 Å². The number of nitrogens with one attached hydrogen (secondary N) is 1. The van der Waals surface area contributed by atoms with E-state index in [1.54, 1.807) is 11.8 Å². The maximum Gasteiger partial charge on any atom is 0.237 e. The number of hydrogen-bond acceptors (Lipinski definition) is 3. The number of thioether (sulfide) groups is 1. The van der Waals surface area contributed by atoms with Gasteiger partial charge in [-0.25, -0.2) is 0 Å². The number of hydrogen-bond donors (Lipinski definition) is 2. The third-order valence-corrected chi connectivity index (χ3v) is 3.56. The Kier molecular flexibility index (Phi) is 6.54. The number of carbonyl (C=O) groups excluding carboxylic acids is 1. The number of benzene rings is 1. The molecule has 0 heterocycles. The Bertz CT molecular complexity index is 400. The molecule has 0 aliphatic carbocycles. The summed E-state index contributed by atoms with van der Waals surface area (Å²) in [7, 11) is 0. The second-order valence-corrected chi connectivity index (χ2v) is 5.60. The zero-order valence-electron chi connectivity index (χ0n) is 10.7. The summed E-state index contributed by atoms with van der Waals surface area (Å²) < 4.78 is 0. The predicted molar refractivity (Wildman–Crippen MR) is 79.0 cm³/mol. The van der Waals surface area contributed by atoms with E-state index in [0.29, 0.717) is 11.4 Å². The molecule has 3 nitrogen and oxygen atoms in total. The molecule has 0 radical (unpaired) electrons. The molecular formula is C13H19ClN2OS. The van der Waals surface area contributed by atoms with Crippen LogP contribution in [0.5, 0.6) is 0 Å². The van der Waals surface area contributed by atoms with Crippen molar-refractivity contribution in [1.29, 1.82) is 0 Å². The van der Waals surface area contributed by atoms with E-state index in [9.17, 15) is 4.79 Å². The predicted octanol–water partition coefficient (Wildman–Crippen LogP) is 2.60. The van der Waals surface area contributed by atoms with Gasteiger partial charge in [0.25, 0.3) is 0 Å². The van der Waals surface area contributed by atoms with E-state index in [4.69, 9.17) is 17.3 Å². The summed E-state index contributed by atoms with van der Waals surface area (Å²) in [6, 6.07) is 6.93. The highest BCUT2D eigenvalue weighted by molar-refractivity contribution is 7.98. The minimum absolute atomic E-state index is 0.0865. The van der Waals surface area contributed by atoms with E-state index in [2.05, 4.69) is 5.32 Å². The van der Waals surface area contributed by atoms with Gasteiger partial charge in [0.05, 0.1) is 12.1 Å². The van der Waals surface area contributed by atoms with Crippen molar-refractivity contribution in [2.24, 2.45) is 5.73 Å². The highest BCUT2D eigenvalue weighted by atomic mass is 35.5. The lowest BCUT2D eigenvalue weighted by Crippen LogP contribution is -2.41. The minimum atomic E-state index is -0.445. The van der Waals surface area contributed by atoms with Gasteiger partial charge in [-0.05, 0) is 43.0 Å². The highest BCUT2D eigenvalue weighted by Crippen LogP contribution is 2.17. The summed E-state index contributed by atoms with van der Waals surface area (Å²) in [6.45, 7) is 1.92. The fraction of sp³-hybridized carbons (Fsp3) is 0.462. The van der Waals surface area contributed by atoms with E-state index < -0.39 is 6.04 Å². The standard InChI is InChI=1S/C13H19ClN2OS/c1-9(10-4-3-5-11(14)8-10)16-13(17)12(15)6-7-18-2/h3-5,8-9,12H,6-7,15H2,1-2H3,(H,16,17)/t9?,12-/m0/s1. The van der Waals surface area contributed by atoms with Crippen LogP contribution in [-0.4, -0.2) is 24.0 Å². The molecule has 3 N–H and O–H groups in total. The minimum Gasteiger partial charge on any atom is -0.348 e. The van der Waals surface area contributed by atoms with Crippen molar-refractivity contribution in [1.82, 2.24) is 5.32 Å². The van der Waals surface area contributed by atoms with Crippen molar-refractivity contribution < 1.29 is 4.79 Å². The van der Waals surface area contributed by atoms with Gasteiger partial charge in [0.15, 0.2) is 0 Å². The topological polar surface area (TPSA) is 55.1 Å². The summed E-state index contributed by atoms with van der Waals surface area (Å²) in [4.78, 5) is 11.8. The van der Waals surface area contributed by atoms with Gasteiger partial charge in [0.2, 0.25) is 5.91 Å². The number of amides is 1. The lowest BCUT2D eigenvalue weighted by atomic mass is 10.1. The van der Waals surface area contributed by atoms with Crippen LogP contribution >= 0.6 is 23.4 Å². The van der Waals surface area contributed by atoms with E-state index in [0.717, 1.165) is 11.3 Å². The molecule has 1 unspecified atom stereocenters. The second-order valence-electron chi connectivity index (χ2n) is 4.17. The molecule has 1 amide bonds. The second kappa shape index (κ2) is 7.67. The average Bonchev–Trinajstić information content (AvgIpc) is 2.35. The molecule has 0 fully saturated rings. The molecule has 5 heteroatoms. The van der Waals surface area contributed by atoms with E-state index >= 15 is 0 Å². The van der Waals surface area contributed by atoms with Gasteiger partial charge in [0, 0.05) is 5.02 Å². The monoisotopic (exact) mass is 286 g/mol. The van der Waals surface area contributed by atoms with Gasteiger partial charge >= 0.3 is 0 Å². The summed E-state index contributed by atoms with van der Waals surface area (Å²) in [6.07, 6.45) is 2.69. The number of nitrogens with two attached hydrogens (primary N) is 1. The first-order valence-electron chi connectivity index (χ1n) is 5.85. The van der Waals surface area contributed by atoms with Crippen LogP contribution in [0.15, 0.2) is 24.3 Å². The Balaban J connectivity index is 2.54. The Morgan fingerprint density at radius 1 is 1.56 bits per heavy atom. The molecule has 100 valence electrons. The Labute approximate surface area is 117 Å². The summed E-state index contributed by atoms with van der Waals surface area (Å²) in [5, 5.41) is 3.57. The number of carbonyl (C=O) groups is 1. The van der Waals surface area contributed by atoms with E-state index in [1.807, 2.05) is 37.4 Å². The fourth-order valence-corrected chi connectivity index (χ4v) is 2.24. The Morgan fingerprint density at radius 3 is 2.89 bits per heavy atom. The van der Waals surface area contributed by atoms with Crippen LogP contribution in [0.1, 0.15) is 24.9 Å². The van der Waals surface area contributed by atoms with Crippen LogP contribution in [0.25, 0.3) is 0 Å². The molecule has 0 spiro atoms. The average molecular weight is 287 g/mol. The smallest absolute Gasteiger partial charge is 0.237 e. The molecule has 0 aliphatic rings. The normalized spacial score (nSPS) is 14.0. The summed E-state index contributed by atoms with van der Waals surface area (Å²) in [5.74, 6) is 0.775. The van der Waals surface area contributed by atoms with E-state index in [-0.39, 0.29) is 11.9 Å². The molecule has 1 aromatic carbocycles. The van der Waals surface area contributed by atoms with Crippen molar-refractivity contribution in [3.05, 3.63) is 34.9 Å². The first-order valence-corrected chi connectivity index (χ1v) is 7.62. The zero-order chi connectivity index (χ0) is 13.5.